The van der Waals surface area contributed by atoms with Crippen LogP contribution in [0, 0.1) is 17.5 Å². The fourth-order valence-corrected chi connectivity index (χ4v) is 4.99. The molecular weight excluding hydrogens is 467 g/mol. The molecule has 3 heterocycles. The van der Waals surface area contributed by atoms with Crippen LogP contribution in [0.3, 0.4) is 0 Å². The fraction of sp³-hybridized carbons (Fsp3) is 0.222. The maximum atomic E-state index is 14.2. The Morgan fingerprint density at radius 1 is 1.03 bits per heavy atom. The van der Waals surface area contributed by atoms with E-state index >= 15 is 0 Å². The molecular formula is C27H22F3N5O. The van der Waals surface area contributed by atoms with Gasteiger partial charge in [-0.1, -0.05) is 24.3 Å². The van der Waals surface area contributed by atoms with Crippen molar-refractivity contribution < 1.29 is 18.0 Å². The molecule has 3 aromatic carbocycles. The lowest BCUT2D eigenvalue weighted by Gasteiger charge is -2.29. The summed E-state index contributed by atoms with van der Waals surface area (Å²) in [6, 6.07) is 14.0. The number of rotatable bonds is 3. The molecule has 182 valence electrons. The molecule has 0 aliphatic carbocycles. The van der Waals surface area contributed by atoms with Gasteiger partial charge in [0.25, 0.3) is 5.91 Å². The minimum Gasteiger partial charge on any atom is -0.339 e. The number of carbonyl (C=O) groups excluding carboxylic acids is 1. The van der Waals surface area contributed by atoms with Crippen LogP contribution >= 0.6 is 0 Å². The van der Waals surface area contributed by atoms with E-state index in [-0.39, 0.29) is 22.8 Å². The summed E-state index contributed by atoms with van der Waals surface area (Å²) in [4.78, 5) is 26.7. The highest BCUT2D eigenvalue weighted by Gasteiger charge is 2.25. The molecule has 6 rings (SSSR count). The van der Waals surface area contributed by atoms with Crippen molar-refractivity contribution in [2.75, 3.05) is 6.54 Å². The quantitative estimate of drug-likeness (QED) is 0.354. The smallest absolute Gasteiger partial charge is 0.254 e. The zero-order valence-corrected chi connectivity index (χ0v) is 19.6. The highest BCUT2D eigenvalue weighted by molar-refractivity contribution is 5.97. The molecule has 0 radical (unpaired) electrons. The molecule has 0 fully saturated rings. The fourth-order valence-electron chi connectivity index (χ4n) is 4.99. The number of hydrogen-bond acceptors (Lipinski definition) is 3. The number of carbonyl (C=O) groups is 1. The van der Waals surface area contributed by atoms with Gasteiger partial charge in [-0.05, 0) is 42.7 Å². The van der Waals surface area contributed by atoms with Crippen molar-refractivity contribution in [3.63, 3.8) is 0 Å². The van der Waals surface area contributed by atoms with Gasteiger partial charge >= 0.3 is 0 Å². The summed E-state index contributed by atoms with van der Waals surface area (Å²) < 4.78 is 43.8. The zero-order valence-electron chi connectivity index (χ0n) is 19.6. The van der Waals surface area contributed by atoms with Gasteiger partial charge in [0.15, 0.2) is 17.5 Å². The molecule has 2 aromatic heterocycles. The van der Waals surface area contributed by atoms with Gasteiger partial charge < -0.3 is 14.5 Å². The van der Waals surface area contributed by atoms with E-state index in [9.17, 15) is 18.0 Å². The van der Waals surface area contributed by atoms with E-state index in [1.807, 2.05) is 34.7 Å². The Hall–Kier alpha value is -4.14. The second-order valence-corrected chi connectivity index (χ2v) is 9.20. The Morgan fingerprint density at radius 2 is 1.81 bits per heavy atom. The molecule has 0 saturated heterocycles. The van der Waals surface area contributed by atoms with Crippen molar-refractivity contribution in [1.82, 2.24) is 24.4 Å². The summed E-state index contributed by atoms with van der Waals surface area (Å²) in [5.74, 6) is -3.07. The Balaban J connectivity index is 1.33. The molecule has 0 saturated carbocycles. The van der Waals surface area contributed by atoms with Gasteiger partial charge in [-0.15, -0.1) is 0 Å². The van der Waals surface area contributed by atoms with Gasteiger partial charge in [-0.25, -0.2) is 23.1 Å². The lowest BCUT2D eigenvalue weighted by atomic mass is 9.99. The number of fused-ring (bicyclic) bond motifs is 3. The molecule has 1 N–H and O–H groups in total. The molecule has 5 aromatic rings. The molecule has 36 heavy (non-hydrogen) atoms. The van der Waals surface area contributed by atoms with Crippen LogP contribution in [0.15, 0.2) is 48.5 Å². The predicted octanol–water partition coefficient (Wildman–Crippen LogP) is 5.22. The Bertz CT molecular complexity index is 1670. The number of aromatic amines is 1. The molecule has 0 spiro atoms. The van der Waals surface area contributed by atoms with Gasteiger partial charge in [-0.2, -0.15) is 0 Å². The largest absolute Gasteiger partial charge is 0.339 e. The monoisotopic (exact) mass is 489 g/mol. The Morgan fingerprint density at radius 3 is 2.61 bits per heavy atom. The van der Waals surface area contributed by atoms with Gasteiger partial charge in [0.05, 0.1) is 17.0 Å². The van der Waals surface area contributed by atoms with Crippen molar-refractivity contribution >= 4 is 28.0 Å². The number of aryl methyl sites for hydroxylation is 1. The first kappa shape index (κ1) is 22.3. The highest BCUT2D eigenvalue weighted by atomic mass is 19.2. The summed E-state index contributed by atoms with van der Waals surface area (Å²) in [5, 5.41) is 0. The number of amides is 1. The van der Waals surface area contributed by atoms with Gasteiger partial charge in [0.1, 0.15) is 22.7 Å². The van der Waals surface area contributed by atoms with E-state index in [0.717, 1.165) is 17.5 Å². The third-order valence-electron chi connectivity index (χ3n) is 7.01. The average molecular weight is 490 g/mol. The minimum absolute atomic E-state index is 0.0486. The first-order chi connectivity index (χ1) is 17.3. The van der Waals surface area contributed by atoms with Crippen LogP contribution in [0.4, 0.5) is 13.2 Å². The minimum atomic E-state index is -1.28. The molecule has 1 amide bonds. The van der Waals surface area contributed by atoms with Crippen molar-refractivity contribution in [3.8, 4) is 0 Å². The van der Waals surface area contributed by atoms with E-state index in [4.69, 9.17) is 0 Å². The third kappa shape index (κ3) is 3.45. The number of halogens is 3. The number of hydrogen-bond donors (Lipinski definition) is 1. The summed E-state index contributed by atoms with van der Waals surface area (Å²) in [6.07, 6.45) is 0.820. The van der Waals surface area contributed by atoms with Crippen LogP contribution in [0.2, 0.25) is 0 Å². The molecule has 1 unspecified atom stereocenters. The van der Waals surface area contributed by atoms with Crippen LogP contribution in [0.5, 0.6) is 0 Å². The number of benzene rings is 3. The number of nitrogens with one attached hydrogen (secondary N) is 1. The number of nitrogens with zero attached hydrogens (tertiary/aromatic N) is 4. The van der Waals surface area contributed by atoms with E-state index in [2.05, 4.69) is 27.1 Å². The molecule has 0 bridgehead atoms. The summed E-state index contributed by atoms with van der Waals surface area (Å²) in [7, 11) is 1.82. The number of imidazole rings is 2. The lowest BCUT2D eigenvalue weighted by Crippen LogP contribution is -2.35. The molecule has 6 nitrogen and oxygen atoms in total. The van der Waals surface area contributed by atoms with Crippen LogP contribution in [-0.2, 0) is 20.0 Å². The van der Waals surface area contributed by atoms with Gasteiger partial charge in [0.2, 0.25) is 0 Å². The predicted molar refractivity (Wildman–Crippen MR) is 129 cm³/mol. The van der Waals surface area contributed by atoms with Gasteiger partial charge in [-0.3, -0.25) is 4.79 Å². The van der Waals surface area contributed by atoms with Crippen LogP contribution < -0.4 is 0 Å². The SMILES string of the molecule is CC(c1nc2c(F)cc(F)c(F)c2[nH]1)c1nc2ccc(C(=O)N3CCc4ccccc4C3)cc2n1C. The van der Waals surface area contributed by atoms with Crippen LogP contribution in [0.1, 0.15) is 46.0 Å². The van der Waals surface area contributed by atoms with E-state index in [0.29, 0.717) is 36.1 Å². The van der Waals surface area contributed by atoms with Crippen molar-refractivity contribution in [2.24, 2.45) is 7.05 Å². The summed E-state index contributed by atoms with van der Waals surface area (Å²) in [6.45, 7) is 3.02. The summed E-state index contributed by atoms with van der Waals surface area (Å²) in [5.41, 5.74) is 3.85. The number of H-pyrrole nitrogens is 1. The third-order valence-corrected chi connectivity index (χ3v) is 7.01. The maximum Gasteiger partial charge on any atom is 0.254 e. The summed E-state index contributed by atoms with van der Waals surface area (Å²) >= 11 is 0. The number of aromatic nitrogens is 4. The van der Waals surface area contributed by atoms with Crippen molar-refractivity contribution in [1.29, 1.82) is 0 Å². The van der Waals surface area contributed by atoms with E-state index in [1.54, 1.807) is 19.1 Å². The van der Waals surface area contributed by atoms with Crippen LogP contribution in [0.25, 0.3) is 22.1 Å². The lowest BCUT2D eigenvalue weighted by molar-refractivity contribution is 0.0735. The van der Waals surface area contributed by atoms with E-state index in [1.165, 1.54) is 5.56 Å². The Kier molecular flexibility index (Phi) is 5.10. The Labute approximate surface area is 204 Å². The highest BCUT2D eigenvalue weighted by Crippen LogP contribution is 2.30. The maximum absolute atomic E-state index is 14.2. The topological polar surface area (TPSA) is 66.8 Å². The second kappa shape index (κ2) is 8.22. The van der Waals surface area contributed by atoms with Crippen LogP contribution in [-0.4, -0.2) is 36.9 Å². The zero-order chi connectivity index (χ0) is 25.1. The molecule has 1 aliphatic rings. The normalized spacial score (nSPS) is 14.4. The molecule has 1 aliphatic heterocycles. The molecule has 1 atom stereocenters. The second-order valence-electron chi connectivity index (χ2n) is 9.20. The first-order valence-corrected chi connectivity index (χ1v) is 11.7. The van der Waals surface area contributed by atoms with Gasteiger partial charge in [0, 0.05) is 31.8 Å². The average Bonchev–Trinajstić information content (AvgIpc) is 3.48. The van der Waals surface area contributed by atoms with E-state index < -0.39 is 23.4 Å². The van der Waals surface area contributed by atoms with Crippen molar-refractivity contribution in [3.05, 3.63) is 94.3 Å². The standard InChI is InChI=1S/C27H22F3N5O/c1-14(25-32-23-19(29)12-18(28)22(30)24(23)33-25)26-31-20-8-7-16(11-21(20)34(26)2)27(36)35-10-9-15-5-3-4-6-17(15)13-35/h3-8,11-12,14H,9-10,13H2,1-2H3,(H,32,33). The molecule has 9 heteroatoms. The first-order valence-electron chi connectivity index (χ1n) is 11.7. The van der Waals surface area contributed by atoms with Crippen molar-refractivity contribution in [2.45, 2.75) is 25.8 Å².